The Morgan fingerprint density at radius 3 is 3.00 bits per heavy atom. The van der Waals surface area contributed by atoms with Gasteiger partial charge in [0, 0.05) is 13.2 Å². The number of anilines is 1. The summed E-state index contributed by atoms with van der Waals surface area (Å²) in [4.78, 5) is 3.95. The summed E-state index contributed by atoms with van der Waals surface area (Å²) in [7, 11) is 1.83. The lowest BCUT2D eigenvalue weighted by Gasteiger charge is -1.92. The molecule has 0 amide bonds. The molecule has 1 aromatic rings. The van der Waals surface area contributed by atoms with Crippen molar-refractivity contribution in [3.8, 4) is 0 Å². The lowest BCUT2D eigenvalue weighted by molar-refractivity contribution is 1.28. The molecule has 0 saturated heterocycles. The third-order valence-electron chi connectivity index (χ3n) is 0.861. The summed E-state index contributed by atoms with van der Waals surface area (Å²) in [6, 6.07) is 6.44. The number of aromatic nitrogens is 1. The van der Waals surface area contributed by atoms with Gasteiger partial charge in [0.25, 0.3) is 0 Å². The Labute approximate surface area is 48.6 Å². The normalized spacial score (nSPS) is 8.62. The molecule has 1 aromatic heterocycles. The first kappa shape index (κ1) is 5.09. The zero-order chi connectivity index (χ0) is 5.82. The largest absolute Gasteiger partial charge is 0.373 e. The molecule has 0 atom stereocenters. The van der Waals surface area contributed by atoms with Crippen molar-refractivity contribution in [2.24, 2.45) is 0 Å². The molecular formula is C6H7N2. The Kier molecular flexibility index (Phi) is 1.47. The number of rotatable bonds is 1. The summed E-state index contributed by atoms with van der Waals surface area (Å²) in [6.45, 7) is 0. The molecular weight excluding hydrogens is 100 g/mol. The second kappa shape index (κ2) is 2.31. The van der Waals surface area contributed by atoms with Crippen molar-refractivity contribution in [3.05, 3.63) is 24.4 Å². The van der Waals surface area contributed by atoms with Gasteiger partial charge in [0.1, 0.15) is 5.82 Å². The first-order valence-corrected chi connectivity index (χ1v) is 2.43. The fraction of sp³-hybridized carbons (Fsp3) is 0.167. The average Bonchev–Trinajstić information content (AvgIpc) is 1.90. The second-order valence-corrected chi connectivity index (χ2v) is 1.39. The molecule has 0 aromatic carbocycles. The molecule has 1 radical (unpaired) electrons. The van der Waals surface area contributed by atoms with Gasteiger partial charge in [-0.15, -0.1) is 0 Å². The zero-order valence-corrected chi connectivity index (χ0v) is 4.68. The zero-order valence-electron chi connectivity index (χ0n) is 4.68. The lowest BCUT2D eigenvalue weighted by atomic mass is 10.5. The summed E-state index contributed by atoms with van der Waals surface area (Å²) in [6.07, 6.45) is 1.70. The van der Waals surface area contributed by atoms with Gasteiger partial charge in [0.15, 0.2) is 0 Å². The van der Waals surface area contributed by atoms with Crippen LogP contribution in [0.5, 0.6) is 0 Å². The minimum Gasteiger partial charge on any atom is -0.373 e. The summed E-state index contributed by atoms with van der Waals surface area (Å²) in [5.74, 6) is 0.854. The van der Waals surface area contributed by atoms with Gasteiger partial charge in [0.2, 0.25) is 0 Å². The van der Waals surface area contributed by atoms with Crippen LogP contribution < -0.4 is 5.32 Å². The Morgan fingerprint density at radius 2 is 2.62 bits per heavy atom. The summed E-state index contributed by atoms with van der Waals surface area (Å²) in [5, 5.41) is 2.88. The van der Waals surface area contributed by atoms with Crippen LogP contribution in [0, 0.1) is 6.07 Å². The van der Waals surface area contributed by atoms with Crippen molar-refractivity contribution in [2.75, 3.05) is 12.4 Å². The first-order valence-electron chi connectivity index (χ1n) is 2.43. The van der Waals surface area contributed by atoms with E-state index in [0.29, 0.717) is 0 Å². The molecule has 2 nitrogen and oxygen atoms in total. The third-order valence-corrected chi connectivity index (χ3v) is 0.861. The van der Waals surface area contributed by atoms with E-state index >= 15 is 0 Å². The maximum absolute atomic E-state index is 3.95. The monoisotopic (exact) mass is 107 g/mol. The van der Waals surface area contributed by atoms with Gasteiger partial charge in [-0.2, -0.15) is 0 Å². The summed E-state index contributed by atoms with van der Waals surface area (Å²) >= 11 is 0. The fourth-order valence-electron chi connectivity index (χ4n) is 0.462. The molecule has 0 unspecified atom stereocenters. The topological polar surface area (TPSA) is 24.9 Å². The fourth-order valence-corrected chi connectivity index (χ4v) is 0.462. The molecule has 2 heteroatoms. The van der Waals surface area contributed by atoms with E-state index in [4.69, 9.17) is 0 Å². The molecule has 0 saturated carbocycles. The van der Waals surface area contributed by atoms with E-state index < -0.39 is 0 Å². The van der Waals surface area contributed by atoms with Crippen LogP contribution in [-0.4, -0.2) is 12.0 Å². The highest BCUT2D eigenvalue weighted by Crippen LogP contribution is 1.94. The number of hydrogen-bond acceptors (Lipinski definition) is 2. The van der Waals surface area contributed by atoms with E-state index in [1.165, 1.54) is 0 Å². The Hall–Kier alpha value is -1.05. The van der Waals surface area contributed by atoms with Gasteiger partial charge in [-0.25, -0.2) is 4.98 Å². The maximum Gasteiger partial charge on any atom is 0.126 e. The van der Waals surface area contributed by atoms with Gasteiger partial charge in [-0.1, -0.05) is 0 Å². The Bertz CT molecular complexity index is 148. The van der Waals surface area contributed by atoms with E-state index in [1.807, 2.05) is 7.05 Å². The summed E-state index contributed by atoms with van der Waals surface area (Å²) in [5.41, 5.74) is 0. The predicted molar refractivity (Wildman–Crippen MR) is 32.6 cm³/mol. The standard InChI is InChI=1S/C6H7N2/c1-7-6-4-2-3-5-8-6/h3-5H,1H3,(H,7,8). The molecule has 0 aliphatic carbocycles. The average molecular weight is 107 g/mol. The molecule has 0 aliphatic heterocycles. The quantitative estimate of drug-likeness (QED) is 0.577. The van der Waals surface area contributed by atoms with Crippen LogP contribution in [0.2, 0.25) is 0 Å². The van der Waals surface area contributed by atoms with Crippen molar-refractivity contribution >= 4 is 5.82 Å². The Morgan fingerprint density at radius 1 is 1.75 bits per heavy atom. The van der Waals surface area contributed by atoms with Gasteiger partial charge < -0.3 is 5.32 Å². The van der Waals surface area contributed by atoms with E-state index in [0.717, 1.165) is 5.82 Å². The SMILES string of the molecule is CNc1c[c]ccn1. The highest BCUT2D eigenvalue weighted by atomic mass is 14.9. The van der Waals surface area contributed by atoms with Crippen LogP contribution in [0.25, 0.3) is 0 Å². The van der Waals surface area contributed by atoms with Crippen molar-refractivity contribution in [1.82, 2.24) is 4.98 Å². The van der Waals surface area contributed by atoms with E-state index in [1.54, 1.807) is 18.3 Å². The van der Waals surface area contributed by atoms with Crippen molar-refractivity contribution < 1.29 is 0 Å². The molecule has 1 N–H and O–H groups in total. The molecule has 0 aliphatic rings. The van der Waals surface area contributed by atoms with Gasteiger partial charge >= 0.3 is 0 Å². The molecule has 0 fully saturated rings. The van der Waals surface area contributed by atoms with Crippen LogP contribution in [0.4, 0.5) is 5.82 Å². The van der Waals surface area contributed by atoms with E-state index in [2.05, 4.69) is 16.4 Å². The number of hydrogen-bond donors (Lipinski definition) is 1. The van der Waals surface area contributed by atoms with Crippen LogP contribution >= 0.6 is 0 Å². The van der Waals surface area contributed by atoms with Crippen LogP contribution in [-0.2, 0) is 0 Å². The molecule has 1 heterocycles. The maximum atomic E-state index is 3.95. The predicted octanol–water partition coefficient (Wildman–Crippen LogP) is 0.923. The number of nitrogens with one attached hydrogen (secondary N) is 1. The number of pyridine rings is 1. The number of nitrogens with zero attached hydrogens (tertiary/aromatic N) is 1. The minimum atomic E-state index is 0.854. The molecule has 0 spiro atoms. The van der Waals surface area contributed by atoms with Crippen LogP contribution in [0.1, 0.15) is 0 Å². The van der Waals surface area contributed by atoms with Gasteiger partial charge in [0.05, 0.1) is 0 Å². The van der Waals surface area contributed by atoms with E-state index in [-0.39, 0.29) is 0 Å². The molecule has 1 rings (SSSR count). The van der Waals surface area contributed by atoms with Crippen molar-refractivity contribution in [3.63, 3.8) is 0 Å². The highest BCUT2D eigenvalue weighted by Gasteiger charge is 1.80. The third kappa shape index (κ3) is 0.964. The first-order chi connectivity index (χ1) is 3.93. The van der Waals surface area contributed by atoms with Gasteiger partial charge in [-0.05, 0) is 18.2 Å². The Balaban J connectivity index is 2.83. The second-order valence-electron chi connectivity index (χ2n) is 1.39. The summed E-state index contributed by atoms with van der Waals surface area (Å²) < 4.78 is 0. The smallest absolute Gasteiger partial charge is 0.126 e. The lowest BCUT2D eigenvalue weighted by Crippen LogP contribution is -1.88. The minimum absolute atomic E-state index is 0.854. The van der Waals surface area contributed by atoms with Crippen LogP contribution in [0.3, 0.4) is 0 Å². The highest BCUT2D eigenvalue weighted by molar-refractivity contribution is 5.30. The van der Waals surface area contributed by atoms with Gasteiger partial charge in [-0.3, -0.25) is 0 Å². The molecule has 41 valence electrons. The van der Waals surface area contributed by atoms with Crippen LogP contribution in [0.15, 0.2) is 18.3 Å². The van der Waals surface area contributed by atoms with E-state index in [9.17, 15) is 0 Å². The molecule has 0 bridgehead atoms. The van der Waals surface area contributed by atoms with Crippen molar-refractivity contribution in [2.45, 2.75) is 0 Å². The van der Waals surface area contributed by atoms with Crippen molar-refractivity contribution in [1.29, 1.82) is 0 Å². The molecule has 8 heavy (non-hydrogen) atoms.